The SMILES string of the molecule is CNCCCOc1ccc2c(c1)-c1cc(OCCCNC)ccc1C2=O. The molecule has 1 aliphatic rings. The van der Waals surface area contributed by atoms with Crippen molar-refractivity contribution in [1.82, 2.24) is 10.6 Å². The van der Waals surface area contributed by atoms with Crippen LogP contribution >= 0.6 is 0 Å². The van der Waals surface area contributed by atoms with E-state index in [1.807, 2.05) is 50.5 Å². The summed E-state index contributed by atoms with van der Waals surface area (Å²) in [5, 5.41) is 6.21. The topological polar surface area (TPSA) is 59.6 Å². The molecule has 0 heterocycles. The Balaban J connectivity index is 1.77. The van der Waals surface area contributed by atoms with Crippen LogP contribution in [0.3, 0.4) is 0 Å². The second-order valence-corrected chi connectivity index (χ2v) is 6.36. The summed E-state index contributed by atoms with van der Waals surface area (Å²) in [5.41, 5.74) is 3.32. The van der Waals surface area contributed by atoms with Gasteiger partial charge in [0.05, 0.1) is 13.2 Å². The first kappa shape index (κ1) is 18.4. The third kappa shape index (κ3) is 4.06. The highest BCUT2D eigenvalue weighted by Gasteiger charge is 2.27. The number of hydrogen-bond donors (Lipinski definition) is 2. The maximum Gasteiger partial charge on any atom is 0.194 e. The van der Waals surface area contributed by atoms with Crippen molar-refractivity contribution in [1.29, 1.82) is 0 Å². The third-order valence-electron chi connectivity index (χ3n) is 4.44. The highest BCUT2D eigenvalue weighted by molar-refractivity contribution is 6.21. The number of rotatable bonds is 10. The van der Waals surface area contributed by atoms with E-state index >= 15 is 0 Å². The van der Waals surface area contributed by atoms with E-state index in [0.717, 1.165) is 59.7 Å². The predicted octanol–water partition coefficient (Wildman–Crippen LogP) is 2.87. The molecular formula is C21H26N2O3. The third-order valence-corrected chi connectivity index (χ3v) is 4.44. The first-order valence-electron chi connectivity index (χ1n) is 9.12. The van der Waals surface area contributed by atoms with Crippen molar-refractivity contribution in [2.45, 2.75) is 12.8 Å². The smallest absolute Gasteiger partial charge is 0.194 e. The highest BCUT2D eigenvalue weighted by atomic mass is 16.5. The van der Waals surface area contributed by atoms with Gasteiger partial charge in [0.15, 0.2) is 5.78 Å². The molecule has 26 heavy (non-hydrogen) atoms. The molecule has 2 N–H and O–H groups in total. The summed E-state index contributed by atoms with van der Waals surface area (Å²) in [5.74, 6) is 1.65. The van der Waals surface area contributed by atoms with E-state index in [1.54, 1.807) is 0 Å². The fraction of sp³-hybridized carbons (Fsp3) is 0.381. The van der Waals surface area contributed by atoms with Gasteiger partial charge in [-0.25, -0.2) is 0 Å². The molecule has 0 unspecified atom stereocenters. The van der Waals surface area contributed by atoms with Crippen molar-refractivity contribution in [3.63, 3.8) is 0 Å². The molecule has 0 atom stereocenters. The van der Waals surface area contributed by atoms with Gasteiger partial charge in [-0.15, -0.1) is 0 Å². The van der Waals surface area contributed by atoms with Gasteiger partial charge in [-0.05, 0) is 87.6 Å². The van der Waals surface area contributed by atoms with Gasteiger partial charge in [0.2, 0.25) is 0 Å². The number of benzene rings is 2. The van der Waals surface area contributed by atoms with Crippen molar-refractivity contribution in [2.75, 3.05) is 40.4 Å². The average molecular weight is 354 g/mol. The van der Waals surface area contributed by atoms with Gasteiger partial charge in [-0.3, -0.25) is 4.79 Å². The molecule has 0 amide bonds. The van der Waals surface area contributed by atoms with Crippen LogP contribution in [0.4, 0.5) is 0 Å². The predicted molar refractivity (Wildman–Crippen MR) is 103 cm³/mol. The highest BCUT2D eigenvalue weighted by Crippen LogP contribution is 2.40. The largest absolute Gasteiger partial charge is 0.494 e. The molecule has 138 valence electrons. The van der Waals surface area contributed by atoms with Gasteiger partial charge in [0.25, 0.3) is 0 Å². The summed E-state index contributed by atoms with van der Waals surface area (Å²) in [6.45, 7) is 3.13. The molecule has 3 rings (SSSR count). The number of nitrogens with one attached hydrogen (secondary N) is 2. The molecule has 0 fully saturated rings. The van der Waals surface area contributed by atoms with Crippen LogP contribution < -0.4 is 20.1 Å². The lowest BCUT2D eigenvalue weighted by molar-refractivity contribution is 0.104. The maximum atomic E-state index is 12.6. The molecule has 5 heteroatoms. The summed E-state index contributed by atoms with van der Waals surface area (Å²) in [6, 6.07) is 11.4. The van der Waals surface area contributed by atoms with Gasteiger partial charge in [-0.2, -0.15) is 0 Å². The minimum Gasteiger partial charge on any atom is -0.494 e. The van der Waals surface area contributed by atoms with Crippen LogP contribution in [-0.4, -0.2) is 46.2 Å². The summed E-state index contributed by atoms with van der Waals surface area (Å²) < 4.78 is 11.6. The van der Waals surface area contributed by atoms with E-state index in [2.05, 4.69) is 10.6 Å². The molecule has 2 aromatic carbocycles. The Hall–Kier alpha value is -2.37. The van der Waals surface area contributed by atoms with E-state index in [0.29, 0.717) is 13.2 Å². The first-order chi connectivity index (χ1) is 12.7. The van der Waals surface area contributed by atoms with Crippen LogP contribution in [0.1, 0.15) is 28.8 Å². The molecule has 0 aromatic heterocycles. The number of carbonyl (C=O) groups excluding carboxylic acids is 1. The summed E-state index contributed by atoms with van der Waals surface area (Å²) >= 11 is 0. The number of hydrogen-bond acceptors (Lipinski definition) is 5. The molecular weight excluding hydrogens is 328 g/mol. The molecule has 0 aliphatic heterocycles. The van der Waals surface area contributed by atoms with Crippen LogP contribution in [0.15, 0.2) is 36.4 Å². The Labute approximate surface area is 154 Å². The first-order valence-corrected chi connectivity index (χ1v) is 9.12. The molecule has 0 saturated heterocycles. The van der Waals surface area contributed by atoms with Gasteiger partial charge in [0.1, 0.15) is 11.5 Å². The van der Waals surface area contributed by atoms with Crippen LogP contribution in [0.25, 0.3) is 11.1 Å². The zero-order chi connectivity index (χ0) is 18.4. The van der Waals surface area contributed by atoms with E-state index < -0.39 is 0 Å². The Morgan fingerprint density at radius 3 is 1.62 bits per heavy atom. The summed E-state index contributed by atoms with van der Waals surface area (Å²) in [4.78, 5) is 12.6. The molecule has 2 aromatic rings. The standard InChI is InChI=1S/C21H26N2O3/c1-22-9-3-11-25-15-5-7-17-19(13-15)20-14-16(26-12-4-10-23-2)6-8-18(20)21(17)24/h5-8,13-14,22-23H,3-4,9-12H2,1-2H3. The lowest BCUT2D eigenvalue weighted by Crippen LogP contribution is -2.11. The number of ether oxygens (including phenoxy) is 2. The Bertz CT molecular complexity index is 710. The fourth-order valence-corrected chi connectivity index (χ4v) is 3.09. The zero-order valence-corrected chi connectivity index (χ0v) is 15.4. The van der Waals surface area contributed by atoms with E-state index in [4.69, 9.17) is 9.47 Å². The quantitative estimate of drug-likeness (QED) is 0.548. The van der Waals surface area contributed by atoms with E-state index in [9.17, 15) is 4.79 Å². The van der Waals surface area contributed by atoms with E-state index in [-0.39, 0.29) is 5.78 Å². The van der Waals surface area contributed by atoms with Gasteiger partial charge >= 0.3 is 0 Å². The van der Waals surface area contributed by atoms with Crippen molar-refractivity contribution in [2.24, 2.45) is 0 Å². The minimum absolute atomic E-state index is 0.0680. The average Bonchev–Trinajstić information content (AvgIpc) is 2.94. The van der Waals surface area contributed by atoms with Crippen molar-refractivity contribution >= 4 is 5.78 Å². The Morgan fingerprint density at radius 2 is 1.19 bits per heavy atom. The van der Waals surface area contributed by atoms with Crippen molar-refractivity contribution in [3.05, 3.63) is 47.5 Å². The molecule has 0 spiro atoms. The lowest BCUT2D eigenvalue weighted by Gasteiger charge is -2.09. The monoisotopic (exact) mass is 354 g/mol. The molecule has 0 radical (unpaired) electrons. The van der Waals surface area contributed by atoms with Crippen molar-refractivity contribution < 1.29 is 14.3 Å². The van der Waals surface area contributed by atoms with Crippen molar-refractivity contribution in [3.8, 4) is 22.6 Å². The number of fused-ring (bicyclic) bond motifs is 3. The summed E-state index contributed by atoms with van der Waals surface area (Å²) in [7, 11) is 3.85. The fourth-order valence-electron chi connectivity index (χ4n) is 3.09. The van der Waals surface area contributed by atoms with Crippen LogP contribution in [-0.2, 0) is 0 Å². The Kier molecular flexibility index (Phi) is 6.26. The van der Waals surface area contributed by atoms with Gasteiger partial charge in [-0.1, -0.05) is 0 Å². The molecule has 0 saturated carbocycles. The summed E-state index contributed by atoms with van der Waals surface area (Å²) in [6.07, 6.45) is 1.88. The lowest BCUT2D eigenvalue weighted by atomic mass is 10.1. The van der Waals surface area contributed by atoms with Crippen LogP contribution in [0.5, 0.6) is 11.5 Å². The normalized spacial score (nSPS) is 12.0. The molecule has 5 nitrogen and oxygen atoms in total. The van der Waals surface area contributed by atoms with Gasteiger partial charge in [0, 0.05) is 11.1 Å². The maximum absolute atomic E-state index is 12.6. The van der Waals surface area contributed by atoms with E-state index in [1.165, 1.54) is 0 Å². The molecule has 1 aliphatic carbocycles. The second-order valence-electron chi connectivity index (χ2n) is 6.36. The minimum atomic E-state index is 0.0680. The van der Waals surface area contributed by atoms with Crippen LogP contribution in [0, 0.1) is 0 Å². The second kappa shape index (κ2) is 8.83. The van der Waals surface area contributed by atoms with Crippen LogP contribution in [0.2, 0.25) is 0 Å². The zero-order valence-electron chi connectivity index (χ0n) is 15.4. The number of ketones is 1. The number of carbonyl (C=O) groups is 1. The Morgan fingerprint density at radius 1 is 0.731 bits per heavy atom. The van der Waals surface area contributed by atoms with Gasteiger partial charge < -0.3 is 20.1 Å². The molecule has 0 bridgehead atoms.